The van der Waals surface area contributed by atoms with Crippen molar-refractivity contribution >= 4 is 17.2 Å². The number of hydrogen-bond donors (Lipinski definition) is 2. The molecule has 0 unspecified atom stereocenters. The van der Waals surface area contributed by atoms with Gasteiger partial charge < -0.3 is 15.3 Å². The Bertz CT molecular complexity index is 517. The summed E-state index contributed by atoms with van der Waals surface area (Å²) in [4.78, 5) is 13.9. The van der Waals surface area contributed by atoms with Crippen molar-refractivity contribution in [3.05, 3.63) is 36.4 Å². The lowest BCUT2D eigenvalue weighted by atomic mass is 9.86. The molecule has 1 fully saturated rings. The largest absolute Gasteiger partial charge is 0.384 e. The van der Waals surface area contributed by atoms with Gasteiger partial charge in [0.15, 0.2) is 0 Å². The second-order valence-electron chi connectivity index (χ2n) is 5.85. The number of benzene rings is 1. The monoisotopic (exact) mass is 288 g/mol. The van der Waals surface area contributed by atoms with Crippen LogP contribution in [0.2, 0.25) is 0 Å². The van der Waals surface area contributed by atoms with E-state index in [1.54, 1.807) is 0 Å². The van der Waals surface area contributed by atoms with E-state index in [0.29, 0.717) is 11.6 Å². The van der Waals surface area contributed by atoms with E-state index in [4.69, 9.17) is 0 Å². The van der Waals surface area contributed by atoms with Gasteiger partial charge >= 0.3 is 0 Å². The smallest absolute Gasteiger partial charge is 0.252 e. The van der Waals surface area contributed by atoms with Crippen LogP contribution in [0.3, 0.4) is 0 Å². The highest BCUT2D eigenvalue weighted by Gasteiger charge is 2.20. The summed E-state index contributed by atoms with van der Waals surface area (Å²) in [6.45, 7) is 7.90. The molecule has 0 radical (unpaired) electrons. The zero-order chi connectivity index (χ0) is 15.4. The Morgan fingerprint density at radius 3 is 2.71 bits per heavy atom. The molecule has 0 saturated carbocycles. The van der Waals surface area contributed by atoms with Crippen molar-refractivity contribution < 1.29 is 9.90 Å². The molecular formula is C17H24N2O2. The molecule has 0 aromatic heterocycles. The van der Waals surface area contributed by atoms with Gasteiger partial charge in [0.05, 0.1) is 0 Å². The van der Waals surface area contributed by atoms with Crippen LogP contribution in [0, 0.1) is 5.92 Å². The molecule has 4 nitrogen and oxygen atoms in total. The molecule has 1 atom stereocenters. The van der Waals surface area contributed by atoms with Crippen molar-refractivity contribution in [2.75, 3.05) is 25.5 Å². The molecule has 2 rings (SSSR count). The zero-order valence-electron chi connectivity index (χ0n) is 12.8. The fourth-order valence-corrected chi connectivity index (χ4v) is 2.64. The van der Waals surface area contributed by atoms with E-state index in [0.717, 1.165) is 37.1 Å². The molecule has 2 N–H and O–H groups in total. The van der Waals surface area contributed by atoms with Crippen molar-refractivity contribution in [3.8, 4) is 0 Å². The molecular weight excluding hydrogens is 264 g/mol. The maximum absolute atomic E-state index is 11.5. The molecule has 114 valence electrons. The minimum Gasteiger partial charge on any atom is -0.384 e. The Balaban J connectivity index is 2.06. The van der Waals surface area contributed by atoms with E-state index in [1.807, 2.05) is 24.3 Å². The highest BCUT2D eigenvalue weighted by molar-refractivity contribution is 5.94. The average molecular weight is 288 g/mol. The highest BCUT2D eigenvalue weighted by Crippen LogP contribution is 2.31. The Hall–Kier alpha value is -1.65. The van der Waals surface area contributed by atoms with Gasteiger partial charge in [-0.1, -0.05) is 18.7 Å². The SMILES string of the molecule is C=C(c1cccc(NC(=O)[C@@H](C)O)c1)C1CCN(C)CC1. The van der Waals surface area contributed by atoms with Gasteiger partial charge in [0.1, 0.15) is 6.10 Å². The van der Waals surface area contributed by atoms with Crippen LogP contribution in [0.15, 0.2) is 30.8 Å². The summed E-state index contributed by atoms with van der Waals surface area (Å²) in [5.74, 6) is 0.112. The number of carbonyl (C=O) groups excluding carboxylic acids is 1. The first-order chi connectivity index (χ1) is 9.97. The third kappa shape index (κ3) is 4.16. The van der Waals surface area contributed by atoms with Crippen LogP contribution >= 0.6 is 0 Å². The second kappa shape index (κ2) is 6.87. The summed E-state index contributed by atoms with van der Waals surface area (Å²) in [5, 5.41) is 12.0. The first-order valence-electron chi connectivity index (χ1n) is 7.44. The van der Waals surface area contributed by atoms with Gasteiger partial charge in [-0.2, -0.15) is 0 Å². The van der Waals surface area contributed by atoms with Gasteiger partial charge in [0.25, 0.3) is 5.91 Å². The van der Waals surface area contributed by atoms with Crippen LogP contribution in [0.1, 0.15) is 25.3 Å². The number of rotatable bonds is 4. The van der Waals surface area contributed by atoms with Crippen LogP contribution < -0.4 is 5.32 Å². The zero-order valence-corrected chi connectivity index (χ0v) is 12.8. The average Bonchev–Trinajstić information content (AvgIpc) is 2.47. The number of aliphatic hydroxyl groups excluding tert-OH is 1. The third-order valence-electron chi connectivity index (χ3n) is 4.09. The Morgan fingerprint density at radius 2 is 2.10 bits per heavy atom. The van der Waals surface area contributed by atoms with Gasteiger partial charge in [-0.25, -0.2) is 0 Å². The van der Waals surface area contributed by atoms with Crippen LogP contribution in [-0.2, 0) is 4.79 Å². The minimum absolute atomic E-state index is 0.392. The number of aliphatic hydroxyl groups is 1. The number of allylic oxidation sites excluding steroid dienone is 1. The number of piperidine rings is 1. The number of carbonyl (C=O) groups is 1. The van der Waals surface area contributed by atoms with Crippen molar-refractivity contribution in [1.29, 1.82) is 0 Å². The predicted molar refractivity (Wildman–Crippen MR) is 86.0 cm³/mol. The van der Waals surface area contributed by atoms with Crippen LogP contribution in [0.25, 0.3) is 5.57 Å². The van der Waals surface area contributed by atoms with Crippen LogP contribution in [0.5, 0.6) is 0 Å². The standard InChI is InChI=1S/C17H24N2O2/c1-12(14-7-9-19(3)10-8-14)15-5-4-6-16(11-15)18-17(21)13(2)20/h4-6,11,13-14,20H,1,7-10H2,2-3H3,(H,18,21)/t13-/m1/s1. The third-order valence-corrected chi connectivity index (χ3v) is 4.09. The molecule has 1 saturated heterocycles. The van der Waals surface area contributed by atoms with E-state index in [1.165, 1.54) is 6.92 Å². The van der Waals surface area contributed by atoms with E-state index in [-0.39, 0.29) is 0 Å². The van der Waals surface area contributed by atoms with Gasteiger partial charge in [-0.3, -0.25) is 4.79 Å². The fourth-order valence-electron chi connectivity index (χ4n) is 2.64. The molecule has 1 heterocycles. The Labute approximate surface area is 126 Å². The number of amides is 1. The van der Waals surface area contributed by atoms with Crippen molar-refractivity contribution in [1.82, 2.24) is 4.90 Å². The Morgan fingerprint density at radius 1 is 1.43 bits per heavy atom. The van der Waals surface area contributed by atoms with Crippen molar-refractivity contribution in [3.63, 3.8) is 0 Å². The molecule has 0 aliphatic carbocycles. The maximum atomic E-state index is 11.5. The lowest BCUT2D eigenvalue weighted by molar-refractivity contribution is -0.123. The lowest BCUT2D eigenvalue weighted by Crippen LogP contribution is -2.30. The summed E-state index contributed by atoms with van der Waals surface area (Å²) in [5.41, 5.74) is 2.90. The summed E-state index contributed by atoms with van der Waals surface area (Å²) in [6.07, 6.45) is 1.24. The van der Waals surface area contributed by atoms with Crippen molar-refractivity contribution in [2.45, 2.75) is 25.9 Å². The summed E-state index contributed by atoms with van der Waals surface area (Å²) in [7, 11) is 2.14. The molecule has 0 bridgehead atoms. The predicted octanol–water partition coefficient (Wildman–Crippen LogP) is 2.36. The normalized spacial score (nSPS) is 18.2. The number of nitrogens with one attached hydrogen (secondary N) is 1. The molecule has 21 heavy (non-hydrogen) atoms. The molecule has 0 spiro atoms. The van der Waals surface area contributed by atoms with Gasteiger partial charge in [0, 0.05) is 5.69 Å². The quantitative estimate of drug-likeness (QED) is 0.894. The minimum atomic E-state index is -1.01. The summed E-state index contributed by atoms with van der Waals surface area (Å²) < 4.78 is 0. The second-order valence-corrected chi connectivity index (χ2v) is 5.85. The maximum Gasteiger partial charge on any atom is 0.252 e. The fraction of sp³-hybridized carbons (Fsp3) is 0.471. The topological polar surface area (TPSA) is 52.6 Å². The summed E-state index contributed by atoms with van der Waals surface area (Å²) >= 11 is 0. The van der Waals surface area contributed by atoms with E-state index in [9.17, 15) is 9.90 Å². The number of anilines is 1. The molecule has 4 heteroatoms. The summed E-state index contributed by atoms with van der Waals surface area (Å²) in [6, 6.07) is 7.69. The van der Waals surface area contributed by atoms with Gasteiger partial charge in [0.2, 0.25) is 0 Å². The number of hydrogen-bond acceptors (Lipinski definition) is 3. The van der Waals surface area contributed by atoms with E-state index < -0.39 is 12.0 Å². The van der Waals surface area contributed by atoms with Crippen LogP contribution in [0.4, 0.5) is 5.69 Å². The first kappa shape index (κ1) is 15.7. The van der Waals surface area contributed by atoms with E-state index >= 15 is 0 Å². The lowest BCUT2D eigenvalue weighted by Gasteiger charge is -2.30. The van der Waals surface area contributed by atoms with Gasteiger partial charge in [-0.05, 0) is 69.1 Å². The molecule has 1 aromatic carbocycles. The number of nitrogens with zero attached hydrogens (tertiary/aromatic N) is 1. The van der Waals surface area contributed by atoms with Crippen LogP contribution in [-0.4, -0.2) is 42.2 Å². The number of likely N-dealkylation sites (tertiary alicyclic amines) is 1. The highest BCUT2D eigenvalue weighted by atomic mass is 16.3. The first-order valence-corrected chi connectivity index (χ1v) is 7.44. The Kier molecular flexibility index (Phi) is 5.15. The molecule has 1 aromatic rings. The van der Waals surface area contributed by atoms with Crippen molar-refractivity contribution in [2.24, 2.45) is 5.92 Å². The molecule has 1 aliphatic rings. The molecule has 1 aliphatic heterocycles. The molecule has 1 amide bonds. The van der Waals surface area contributed by atoms with E-state index in [2.05, 4.69) is 23.8 Å². The van der Waals surface area contributed by atoms with Gasteiger partial charge in [-0.15, -0.1) is 0 Å².